The van der Waals surface area contributed by atoms with E-state index < -0.39 is 0 Å². The molecule has 7 heteroatoms. The van der Waals surface area contributed by atoms with Gasteiger partial charge in [-0.3, -0.25) is 0 Å². The summed E-state index contributed by atoms with van der Waals surface area (Å²) in [6, 6.07) is 9.23. The number of hydrogen-bond donors (Lipinski definition) is 0. The van der Waals surface area contributed by atoms with Gasteiger partial charge in [-0.2, -0.15) is 8.75 Å². The highest BCUT2D eigenvalue weighted by molar-refractivity contribution is 7.25. The third kappa shape index (κ3) is 3.98. The molecule has 0 radical (unpaired) electrons. The van der Waals surface area contributed by atoms with E-state index in [0.29, 0.717) is 0 Å². The van der Waals surface area contributed by atoms with Crippen molar-refractivity contribution in [3.05, 3.63) is 67.4 Å². The van der Waals surface area contributed by atoms with Gasteiger partial charge in [0.25, 0.3) is 0 Å². The summed E-state index contributed by atoms with van der Waals surface area (Å²) in [6.07, 6.45) is 0. The van der Waals surface area contributed by atoms with Crippen molar-refractivity contribution in [2.24, 2.45) is 0 Å². The maximum atomic E-state index is 4.81. The van der Waals surface area contributed by atoms with Crippen LogP contribution in [0, 0.1) is 55.4 Å². The number of rotatable bonds is 4. The predicted molar refractivity (Wildman–Crippen MR) is 169 cm³/mol. The van der Waals surface area contributed by atoms with Crippen LogP contribution in [0.25, 0.3) is 51.4 Å². The van der Waals surface area contributed by atoms with E-state index in [1.807, 2.05) is 45.3 Å². The molecule has 0 unspecified atom stereocenters. The Morgan fingerprint density at radius 1 is 0.486 bits per heavy atom. The van der Waals surface area contributed by atoms with Gasteiger partial charge in [-0.25, -0.2) is 0 Å². The molecule has 0 saturated heterocycles. The van der Waals surface area contributed by atoms with Crippen LogP contribution in [-0.2, 0) is 0 Å². The van der Waals surface area contributed by atoms with E-state index in [-0.39, 0.29) is 0 Å². The third-order valence-electron chi connectivity index (χ3n) is 7.56. The van der Waals surface area contributed by atoms with Gasteiger partial charge in [0, 0.05) is 50.1 Å². The van der Waals surface area contributed by atoms with Crippen molar-refractivity contribution in [1.29, 1.82) is 0 Å². The average molecular weight is 577 g/mol. The summed E-state index contributed by atoms with van der Waals surface area (Å²) < 4.78 is 9.62. The molecule has 0 aliphatic carbocycles. The molecular weight excluding hydrogens is 549 g/mol. The highest BCUT2D eigenvalue weighted by Crippen LogP contribution is 2.48. The number of benzene rings is 1. The van der Waals surface area contributed by atoms with Crippen LogP contribution in [0.4, 0.5) is 0 Å². The Morgan fingerprint density at radius 2 is 0.892 bits per heavy atom. The quantitative estimate of drug-likeness (QED) is 0.209. The zero-order chi connectivity index (χ0) is 26.2. The van der Waals surface area contributed by atoms with Crippen LogP contribution in [0.1, 0.15) is 43.1 Å². The number of aromatic nitrogens is 2. The molecule has 0 amide bonds. The summed E-state index contributed by atoms with van der Waals surface area (Å²) in [5.74, 6) is 0. The maximum absolute atomic E-state index is 4.81. The summed E-state index contributed by atoms with van der Waals surface area (Å²) in [7, 11) is 0. The lowest BCUT2D eigenvalue weighted by molar-refractivity contribution is 1.35. The number of thiophene rings is 4. The topological polar surface area (TPSA) is 25.8 Å². The molecule has 6 rings (SSSR count). The van der Waals surface area contributed by atoms with Gasteiger partial charge in [0.1, 0.15) is 11.0 Å². The minimum absolute atomic E-state index is 1.02. The van der Waals surface area contributed by atoms with E-state index in [1.165, 1.54) is 95.3 Å². The van der Waals surface area contributed by atoms with Gasteiger partial charge in [0.2, 0.25) is 0 Å². The summed E-state index contributed by atoms with van der Waals surface area (Å²) in [5.41, 5.74) is 12.7. The van der Waals surface area contributed by atoms with E-state index in [4.69, 9.17) is 8.75 Å². The van der Waals surface area contributed by atoms with Crippen LogP contribution in [0.5, 0.6) is 0 Å². The minimum Gasteiger partial charge on any atom is -0.172 e. The van der Waals surface area contributed by atoms with Gasteiger partial charge in [-0.15, -0.1) is 45.3 Å². The Balaban J connectivity index is 1.46. The van der Waals surface area contributed by atoms with Crippen LogP contribution in [-0.4, -0.2) is 8.75 Å². The predicted octanol–water partition coefficient (Wildman–Crippen LogP) is 11.1. The van der Waals surface area contributed by atoms with Crippen molar-refractivity contribution in [2.75, 3.05) is 0 Å². The molecule has 37 heavy (non-hydrogen) atoms. The summed E-state index contributed by atoms with van der Waals surface area (Å²) in [6.45, 7) is 17.9. The van der Waals surface area contributed by atoms with E-state index in [2.05, 4.69) is 79.7 Å². The zero-order valence-corrected chi connectivity index (χ0v) is 26.3. The number of fused-ring (bicyclic) bond motifs is 1. The molecule has 1 aromatic carbocycles. The van der Waals surface area contributed by atoms with Crippen LogP contribution < -0.4 is 0 Å². The summed E-state index contributed by atoms with van der Waals surface area (Å²) >= 11 is 8.90. The van der Waals surface area contributed by atoms with Gasteiger partial charge < -0.3 is 0 Å². The number of aryl methyl sites for hydroxylation is 4. The Labute approximate surface area is 238 Å². The minimum atomic E-state index is 1.02. The molecule has 188 valence electrons. The fraction of sp³-hybridized carbons (Fsp3) is 0.267. The van der Waals surface area contributed by atoms with E-state index in [0.717, 1.165) is 11.0 Å². The smallest absolute Gasteiger partial charge is 0.114 e. The fourth-order valence-corrected chi connectivity index (χ4v) is 10.5. The van der Waals surface area contributed by atoms with Crippen molar-refractivity contribution in [2.45, 2.75) is 55.4 Å². The largest absolute Gasteiger partial charge is 0.172 e. The van der Waals surface area contributed by atoms with Crippen molar-refractivity contribution < 1.29 is 0 Å². The molecule has 5 heterocycles. The molecule has 2 nitrogen and oxygen atoms in total. The highest BCUT2D eigenvalue weighted by Gasteiger charge is 2.22. The SMILES string of the molecule is Cc1cc(-c2sc(C)c(C)c2C)sc1-c1ccc(-c2sc(-c3sc(C)c(C)c3C)cc2C)c2nsnc12. The Morgan fingerprint density at radius 3 is 1.24 bits per heavy atom. The van der Waals surface area contributed by atoms with Crippen LogP contribution in [0.3, 0.4) is 0 Å². The van der Waals surface area contributed by atoms with Crippen LogP contribution in [0.15, 0.2) is 24.3 Å². The van der Waals surface area contributed by atoms with Gasteiger partial charge in [-0.05, 0) is 101 Å². The fourth-order valence-electron chi connectivity index (χ4n) is 4.91. The monoisotopic (exact) mass is 576 g/mol. The molecule has 0 fully saturated rings. The molecular formula is C30H28N2S5. The maximum Gasteiger partial charge on any atom is 0.114 e. The molecule has 0 aliphatic heterocycles. The molecule has 0 N–H and O–H groups in total. The zero-order valence-electron chi connectivity index (χ0n) is 22.2. The second-order valence-corrected chi connectivity index (χ2v) is 14.9. The molecule has 0 saturated carbocycles. The first kappa shape index (κ1) is 25.1. The van der Waals surface area contributed by atoms with Gasteiger partial charge >= 0.3 is 0 Å². The van der Waals surface area contributed by atoms with Gasteiger partial charge in [0.05, 0.1) is 11.7 Å². The Bertz CT molecular complexity index is 1690. The lowest BCUT2D eigenvalue weighted by Gasteiger charge is -2.06. The third-order valence-corrected chi connectivity index (χ3v) is 13.6. The molecule has 6 aromatic rings. The first-order valence-electron chi connectivity index (χ1n) is 12.3. The van der Waals surface area contributed by atoms with Crippen LogP contribution >= 0.6 is 57.1 Å². The van der Waals surface area contributed by atoms with Crippen molar-refractivity contribution in [1.82, 2.24) is 8.75 Å². The van der Waals surface area contributed by atoms with Crippen LogP contribution in [0.2, 0.25) is 0 Å². The van der Waals surface area contributed by atoms with Crippen molar-refractivity contribution >= 4 is 68.1 Å². The molecule has 0 atom stereocenters. The molecule has 0 spiro atoms. The highest BCUT2D eigenvalue weighted by atomic mass is 32.1. The molecule has 0 bridgehead atoms. The van der Waals surface area contributed by atoms with E-state index in [1.54, 1.807) is 0 Å². The van der Waals surface area contributed by atoms with Crippen molar-refractivity contribution in [3.63, 3.8) is 0 Å². The van der Waals surface area contributed by atoms with E-state index >= 15 is 0 Å². The summed E-state index contributed by atoms with van der Waals surface area (Å²) in [5, 5.41) is 0. The molecule has 0 aliphatic rings. The van der Waals surface area contributed by atoms with Crippen molar-refractivity contribution in [3.8, 4) is 40.4 Å². The Kier molecular flexibility index (Phi) is 6.28. The Hall–Kier alpha value is -2.16. The van der Waals surface area contributed by atoms with Gasteiger partial charge in [-0.1, -0.05) is 12.1 Å². The number of hydrogen-bond acceptors (Lipinski definition) is 7. The number of nitrogens with zero attached hydrogens (tertiary/aromatic N) is 2. The first-order valence-corrected chi connectivity index (χ1v) is 16.3. The lowest BCUT2D eigenvalue weighted by Crippen LogP contribution is -1.84. The summed E-state index contributed by atoms with van der Waals surface area (Å²) in [4.78, 5) is 10.9. The second-order valence-electron chi connectivity index (χ2n) is 9.84. The van der Waals surface area contributed by atoms with E-state index in [9.17, 15) is 0 Å². The van der Waals surface area contributed by atoms with Gasteiger partial charge in [0.15, 0.2) is 0 Å². The molecule has 5 aromatic heterocycles. The lowest BCUT2D eigenvalue weighted by atomic mass is 10.0. The second kappa shape index (κ2) is 9.24. The first-order chi connectivity index (χ1) is 17.7. The average Bonchev–Trinajstić information content (AvgIpc) is 3.68. The standard InChI is InChI=1S/C30H28N2S5/c1-13-11-23(29-17(5)15(3)19(7)33-29)35-27(13)21-9-10-22(26-25(21)31-37-32-26)28-14(2)12-24(36-28)30-18(6)16(4)20(8)34-30/h9-12H,1-8H3. The normalized spacial score (nSPS) is 11.8.